The molecular weight excluding hydrogens is 733 g/mol. The monoisotopic (exact) mass is 784 g/mol. The lowest BCUT2D eigenvalue weighted by Crippen LogP contribution is -2.54. The maximum atomic E-state index is 13.9. The topological polar surface area (TPSA) is 142 Å². The molecule has 2 N–H and O–H groups in total. The van der Waals surface area contributed by atoms with Crippen LogP contribution in [-0.2, 0) is 19.1 Å². The van der Waals surface area contributed by atoms with E-state index in [0.717, 1.165) is 57.7 Å². The first-order valence-electron chi connectivity index (χ1n) is 20.4. The van der Waals surface area contributed by atoms with Crippen molar-refractivity contribution >= 4 is 46.6 Å². The van der Waals surface area contributed by atoms with E-state index in [4.69, 9.17) is 19.5 Å². The number of aliphatic imine (C=N–C) groups is 2. The van der Waals surface area contributed by atoms with Gasteiger partial charge in [-0.1, -0.05) is 72.8 Å². The van der Waals surface area contributed by atoms with Crippen molar-refractivity contribution in [1.29, 1.82) is 0 Å². The van der Waals surface area contributed by atoms with E-state index in [0.29, 0.717) is 12.8 Å². The lowest BCUT2D eigenvalue weighted by Gasteiger charge is -2.34. The van der Waals surface area contributed by atoms with Gasteiger partial charge in [-0.2, -0.15) is 0 Å². The van der Waals surface area contributed by atoms with Crippen molar-refractivity contribution in [2.75, 3.05) is 14.2 Å². The normalized spacial score (nSPS) is 27.4. The Labute approximate surface area is 339 Å². The molecule has 4 bridgehead atoms. The highest BCUT2D eigenvalue weighted by atomic mass is 16.5. The predicted octanol–water partition coefficient (Wildman–Crippen LogP) is 7.62. The second-order valence-corrected chi connectivity index (χ2v) is 16.9. The molecule has 58 heavy (non-hydrogen) atoms. The summed E-state index contributed by atoms with van der Waals surface area (Å²) in [7, 11) is 2.59. The minimum atomic E-state index is -0.658. The number of hydrazine groups is 2. The maximum Gasteiger partial charge on any atom is 0.425 e. The lowest BCUT2D eigenvalue weighted by molar-refractivity contribution is -0.142. The molecule has 12 heteroatoms. The second-order valence-electron chi connectivity index (χ2n) is 16.9. The molecule has 4 amide bonds. The summed E-state index contributed by atoms with van der Waals surface area (Å²) in [5.74, 6) is -0.120. The highest BCUT2D eigenvalue weighted by molar-refractivity contribution is 6.04. The molecule has 6 aliphatic rings. The van der Waals surface area contributed by atoms with E-state index >= 15 is 0 Å². The summed E-state index contributed by atoms with van der Waals surface area (Å²) in [5, 5.41) is 2.82. The van der Waals surface area contributed by atoms with Gasteiger partial charge >= 0.3 is 12.2 Å². The van der Waals surface area contributed by atoms with Gasteiger partial charge in [-0.3, -0.25) is 19.6 Å². The zero-order valence-corrected chi connectivity index (χ0v) is 33.9. The zero-order chi connectivity index (χ0) is 40.8. The Bertz CT molecular complexity index is 2010. The van der Waals surface area contributed by atoms with E-state index in [2.05, 4.69) is 83.7 Å². The number of carbonyl (C=O) groups is 4. The van der Waals surface area contributed by atoms with Gasteiger partial charge in [0.15, 0.2) is 0 Å². The third-order valence-corrected chi connectivity index (χ3v) is 12.9. The van der Waals surface area contributed by atoms with Gasteiger partial charge in [0.1, 0.15) is 0 Å². The lowest BCUT2D eigenvalue weighted by atomic mass is 9.77. The Morgan fingerprint density at radius 1 is 0.569 bits per heavy atom. The van der Waals surface area contributed by atoms with Gasteiger partial charge in [-0.25, -0.2) is 30.5 Å². The molecule has 2 aromatic carbocycles. The van der Waals surface area contributed by atoms with Crippen molar-refractivity contribution in [2.24, 2.45) is 57.3 Å². The average Bonchev–Trinajstić information content (AvgIpc) is 4.10. The molecule has 2 heterocycles. The summed E-state index contributed by atoms with van der Waals surface area (Å²) in [6, 6.07) is 16.7. The summed E-state index contributed by atoms with van der Waals surface area (Å²) < 4.78 is 9.59. The van der Waals surface area contributed by atoms with Crippen LogP contribution in [-0.4, -0.2) is 71.7 Å². The van der Waals surface area contributed by atoms with Crippen LogP contribution in [0.1, 0.15) is 64.5 Å². The fourth-order valence-corrected chi connectivity index (χ4v) is 10.1. The molecule has 2 fully saturated rings. The fourth-order valence-electron chi connectivity index (χ4n) is 10.1. The smallest absolute Gasteiger partial charge is 0.425 e. The Morgan fingerprint density at radius 3 is 1.26 bits per heavy atom. The standard InChI is InChI=1S/C46H52N6O6/c1-25(2)51(49-45(55)57-5)43(53)41-33-17-15-31(19-33)39(41)37-21-35(23-47-37)29-11-7-27(8-12-29)28-9-13-30(14-10-28)36-22-38(48-24-36)40-32-16-18-34(20-32)42(40)44(54)52(26(3)4)50-46(56)58-6/h7-18,23-26,31-34,39-42H,19-22H2,1-6H3,(H,49,55)(H,50,56)/t31?,32?,33?,34?,39?,40?,41-,42+. The molecule has 8 atom stereocenters. The number of amides is 4. The van der Waals surface area contributed by atoms with Crippen molar-refractivity contribution in [3.63, 3.8) is 0 Å². The Kier molecular flexibility index (Phi) is 10.7. The summed E-state index contributed by atoms with van der Waals surface area (Å²) >= 11 is 0. The number of allylic oxidation sites excluding steroid dienone is 6. The number of fused-ring (bicyclic) bond motifs is 4. The number of rotatable bonds is 9. The van der Waals surface area contributed by atoms with Gasteiger partial charge in [-0.15, -0.1) is 0 Å². The van der Waals surface area contributed by atoms with Crippen LogP contribution < -0.4 is 10.9 Å². The van der Waals surface area contributed by atoms with Crippen molar-refractivity contribution in [1.82, 2.24) is 20.9 Å². The number of ether oxygens (including phenoxy) is 2. The predicted molar refractivity (Wildman–Crippen MR) is 222 cm³/mol. The first-order chi connectivity index (χ1) is 27.9. The van der Waals surface area contributed by atoms with E-state index < -0.39 is 12.2 Å². The minimum Gasteiger partial charge on any atom is -0.452 e. The molecule has 0 radical (unpaired) electrons. The van der Waals surface area contributed by atoms with Gasteiger partial charge in [0.05, 0.1) is 26.1 Å². The van der Waals surface area contributed by atoms with Crippen molar-refractivity contribution in [3.05, 3.63) is 96.4 Å². The molecule has 302 valence electrons. The first kappa shape index (κ1) is 39.1. The molecule has 0 spiro atoms. The van der Waals surface area contributed by atoms with Gasteiger partial charge in [0, 0.05) is 60.6 Å². The molecule has 6 unspecified atom stereocenters. The summed E-state index contributed by atoms with van der Waals surface area (Å²) in [6.07, 6.45) is 14.5. The number of hydrogen-bond acceptors (Lipinski definition) is 8. The number of carbonyl (C=O) groups excluding carboxylic acids is 4. The Balaban J connectivity index is 0.896. The van der Waals surface area contributed by atoms with Gasteiger partial charge < -0.3 is 9.47 Å². The minimum absolute atomic E-state index is 0.0224. The molecule has 0 saturated heterocycles. The Hall–Kier alpha value is -5.78. The van der Waals surface area contributed by atoms with Crippen LogP contribution in [0.25, 0.3) is 22.3 Å². The summed E-state index contributed by atoms with van der Waals surface area (Å²) in [6.45, 7) is 7.52. The highest BCUT2D eigenvalue weighted by Crippen LogP contribution is 2.52. The first-order valence-corrected chi connectivity index (χ1v) is 20.4. The second kappa shape index (κ2) is 15.9. The van der Waals surface area contributed by atoms with Crippen molar-refractivity contribution in [3.8, 4) is 11.1 Å². The third-order valence-electron chi connectivity index (χ3n) is 12.9. The molecule has 2 aliphatic heterocycles. The number of nitrogens with one attached hydrogen (secondary N) is 2. The molecule has 2 aromatic rings. The van der Waals surface area contributed by atoms with E-state index in [1.807, 2.05) is 40.1 Å². The van der Waals surface area contributed by atoms with E-state index in [-0.39, 0.29) is 71.2 Å². The van der Waals surface area contributed by atoms with Crippen molar-refractivity contribution in [2.45, 2.75) is 65.5 Å². The number of nitrogens with zero attached hydrogens (tertiary/aromatic N) is 4. The van der Waals surface area contributed by atoms with Crippen LogP contribution in [0.15, 0.2) is 95.2 Å². The van der Waals surface area contributed by atoms with Crippen LogP contribution in [0.4, 0.5) is 9.59 Å². The third kappa shape index (κ3) is 7.17. The van der Waals surface area contributed by atoms with Crippen LogP contribution in [0.5, 0.6) is 0 Å². The molecule has 12 nitrogen and oxygen atoms in total. The molecular formula is C46H52N6O6. The van der Waals surface area contributed by atoms with E-state index in [1.54, 1.807) is 0 Å². The highest BCUT2D eigenvalue weighted by Gasteiger charge is 2.53. The van der Waals surface area contributed by atoms with Crippen LogP contribution in [0.2, 0.25) is 0 Å². The fraction of sp³-hybridized carbons (Fsp3) is 0.435. The summed E-state index contributed by atoms with van der Waals surface area (Å²) in [5.41, 5.74) is 14.0. The zero-order valence-electron chi connectivity index (χ0n) is 33.9. The SMILES string of the molecule is COC(=O)NN(C(=O)[C@@H]1C2C=CC(C2)C1C1=NC=C(c2ccc(-c3ccc(C4=CN=C(C5C6C=CC(C6)[C@@H]5C(=O)N(NC(=O)OC)C(C)C)C4)cc3)cc2)C1)C(C)C. The molecule has 0 aromatic heterocycles. The number of benzene rings is 2. The van der Waals surface area contributed by atoms with Crippen molar-refractivity contribution < 1.29 is 28.7 Å². The largest absolute Gasteiger partial charge is 0.452 e. The van der Waals surface area contributed by atoms with E-state index in [1.165, 1.54) is 24.2 Å². The number of methoxy groups -OCH3 is 2. The van der Waals surface area contributed by atoms with Gasteiger partial charge in [0.2, 0.25) is 11.8 Å². The van der Waals surface area contributed by atoms with Gasteiger partial charge in [0.25, 0.3) is 0 Å². The average molecular weight is 785 g/mol. The van der Waals surface area contributed by atoms with Gasteiger partial charge in [-0.05, 0) is 97.6 Å². The van der Waals surface area contributed by atoms with Crippen LogP contribution in [0.3, 0.4) is 0 Å². The number of hydrogen-bond donors (Lipinski definition) is 2. The molecule has 4 aliphatic carbocycles. The maximum absolute atomic E-state index is 13.9. The van der Waals surface area contributed by atoms with Crippen LogP contribution in [0, 0.1) is 47.3 Å². The van der Waals surface area contributed by atoms with Crippen LogP contribution >= 0.6 is 0 Å². The summed E-state index contributed by atoms with van der Waals surface area (Å²) in [4.78, 5) is 61.8. The molecule has 2 saturated carbocycles. The Morgan fingerprint density at radius 2 is 0.914 bits per heavy atom. The molecule has 8 rings (SSSR count). The quantitative estimate of drug-likeness (QED) is 0.198. The van der Waals surface area contributed by atoms with E-state index in [9.17, 15) is 19.2 Å².